The zero-order chi connectivity index (χ0) is 13.4. The number of hydrogen-bond acceptors (Lipinski definition) is 6. The van der Waals surface area contributed by atoms with Gasteiger partial charge in [0.1, 0.15) is 12.7 Å². The van der Waals surface area contributed by atoms with E-state index in [-0.39, 0.29) is 0 Å². The van der Waals surface area contributed by atoms with Crippen molar-refractivity contribution in [3.63, 3.8) is 0 Å². The molecule has 0 aromatic carbocycles. The van der Waals surface area contributed by atoms with Crippen LogP contribution in [0.5, 0.6) is 0 Å². The molecule has 1 aliphatic heterocycles. The average Bonchev–Trinajstić information content (AvgIpc) is 2.91. The summed E-state index contributed by atoms with van der Waals surface area (Å²) in [5.41, 5.74) is 0. The summed E-state index contributed by atoms with van der Waals surface area (Å²) in [6.45, 7) is 2.89. The standard InChI is InChI=1S/C13H18N6O/c1-2-11(12-16-13(20-17-12)10-3-4-10)18(5-1)6-7-19-9-14-8-15-19/h8-11H,1-7H2/t11-/m1/s1. The summed E-state index contributed by atoms with van der Waals surface area (Å²) in [7, 11) is 0. The minimum Gasteiger partial charge on any atom is -0.339 e. The average molecular weight is 274 g/mol. The van der Waals surface area contributed by atoms with E-state index in [1.165, 1.54) is 19.3 Å². The van der Waals surface area contributed by atoms with Crippen LogP contribution in [0.3, 0.4) is 0 Å². The molecule has 0 bridgehead atoms. The first-order valence-electron chi connectivity index (χ1n) is 7.30. The quantitative estimate of drug-likeness (QED) is 0.820. The van der Waals surface area contributed by atoms with Crippen molar-refractivity contribution in [2.24, 2.45) is 0 Å². The second-order valence-electron chi connectivity index (χ2n) is 5.62. The molecule has 2 aromatic heterocycles. The Balaban J connectivity index is 1.42. The SMILES string of the molecule is c1ncn(CCN2CCC[C@@H]2c2noc(C3CC3)n2)n1. The topological polar surface area (TPSA) is 72.9 Å². The Kier molecular flexibility index (Phi) is 2.99. The molecular weight excluding hydrogens is 256 g/mol. The van der Waals surface area contributed by atoms with Crippen molar-refractivity contribution in [3.05, 3.63) is 24.4 Å². The molecule has 1 aliphatic carbocycles. The molecule has 1 saturated carbocycles. The fourth-order valence-corrected chi connectivity index (χ4v) is 2.84. The summed E-state index contributed by atoms with van der Waals surface area (Å²) < 4.78 is 7.25. The molecule has 0 radical (unpaired) electrons. The van der Waals surface area contributed by atoms with Crippen molar-refractivity contribution in [1.29, 1.82) is 0 Å². The van der Waals surface area contributed by atoms with E-state index >= 15 is 0 Å². The highest BCUT2D eigenvalue weighted by Gasteiger charge is 2.33. The first-order valence-corrected chi connectivity index (χ1v) is 7.30. The van der Waals surface area contributed by atoms with Crippen LogP contribution in [0.15, 0.2) is 17.2 Å². The van der Waals surface area contributed by atoms with Gasteiger partial charge in [-0.15, -0.1) is 0 Å². The van der Waals surface area contributed by atoms with Gasteiger partial charge in [-0.3, -0.25) is 9.58 Å². The Labute approximate surface area is 117 Å². The van der Waals surface area contributed by atoms with Gasteiger partial charge in [-0.2, -0.15) is 10.1 Å². The van der Waals surface area contributed by atoms with Gasteiger partial charge in [0.2, 0.25) is 5.89 Å². The lowest BCUT2D eigenvalue weighted by Gasteiger charge is -2.21. The molecule has 7 heteroatoms. The molecule has 2 aromatic rings. The van der Waals surface area contributed by atoms with Gasteiger partial charge >= 0.3 is 0 Å². The lowest BCUT2D eigenvalue weighted by molar-refractivity contribution is 0.230. The Hall–Kier alpha value is -1.76. The molecule has 0 unspecified atom stereocenters. The molecule has 7 nitrogen and oxygen atoms in total. The van der Waals surface area contributed by atoms with Crippen LogP contribution in [0.25, 0.3) is 0 Å². The van der Waals surface area contributed by atoms with Gasteiger partial charge in [-0.25, -0.2) is 4.98 Å². The van der Waals surface area contributed by atoms with E-state index in [9.17, 15) is 0 Å². The van der Waals surface area contributed by atoms with E-state index in [4.69, 9.17) is 4.52 Å². The highest BCUT2D eigenvalue weighted by molar-refractivity contribution is 5.05. The molecule has 1 atom stereocenters. The Morgan fingerprint density at radius 3 is 3.00 bits per heavy atom. The largest absolute Gasteiger partial charge is 0.339 e. The highest BCUT2D eigenvalue weighted by Crippen LogP contribution is 2.40. The zero-order valence-electron chi connectivity index (χ0n) is 11.4. The van der Waals surface area contributed by atoms with Crippen LogP contribution in [-0.2, 0) is 6.54 Å². The molecule has 4 rings (SSSR count). The summed E-state index contributed by atoms with van der Waals surface area (Å²) in [5, 5.41) is 8.33. The minimum absolute atomic E-state index is 0.301. The third kappa shape index (κ3) is 2.33. The van der Waals surface area contributed by atoms with Crippen molar-refractivity contribution >= 4 is 0 Å². The van der Waals surface area contributed by atoms with E-state index in [0.717, 1.165) is 37.8 Å². The fraction of sp³-hybridized carbons (Fsp3) is 0.692. The van der Waals surface area contributed by atoms with Gasteiger partial charge in [-0.05, 0) is 32.2 Å². The number of aromatic nitrogens is 5. The van der Waals surface area contributed by atoms with Crippen LogP contribution in [-0.4, -0.2) is 42.9 Å². The normalized spacial score (nSPS) is 23.5. The van der Waals surface area contributed by atoms with Gasteiger partial charge in [0.15, 0.2) is 5.82 Å². The van der Waals surface area contributed by atoms with E-state index in [2.05, 4.69) is 25.1 Å². The number of hydrogen-bond donors (Lipinski definition) is 0. The smallest absolute Gasteiger partial charge is 0.229 e. The Morgan fingerprint density at radius 1 is 1.25 bits per heavy atom. The van der Waals surface area contributed by atoms with Crippen molar-refractivity contribution in [2.75, 3.05) is 13.1 Å². The highest BCUT2D eigenvalue weighted by atomic mass is 16.5. The van der Waals surface area contributed by atoms with Crippen LogP contribution in [0, 0.1) is 0 Å². The van der Waals surface area contributed by atoms with Crippen molar-refractivity contribution < 1.29 is 4.52 Å². The van der Waals surface area contributed by atoms with Crippen LogP contribution in [0.2, 0.25) is 0 Å². The van der Waals surface area contributed by atoms with Gasteiger partial charge in [0.05, 0.1) is 12.6 Å². The summed E-state index contributed by atoms with van der Waals surface area (Å²) >= 11 is 0. The summed E-state index contributed by atoms with van der Waals surface area (Å²) in [4.78, 5) is 11.0. The molecule has 2 fully saturated rings. The zero-order valence-corrected chi connectivity index (χ0v) is 11.4. The van der Waals surface area contributed by atoms with E-state index in [0.29, 0.717) is 12.0 Å². The molecular formula is C13H18N6O. The molecule has 20 heavy (non-hydrogen) atoms. The maximum absolute atomic E-state index is 5.38. The molecule has 3 heterocycles. The Morgan fingerprint density at radius 2 is 2.20 bits per heavy atom. The predicted molar refractivity (Wildman–Crippen MR) is 69.8 cm³/mol. The number of nitrogens with zero attached hydrogens (tertiary/aromatic N) is 6. The third-order valence-electron chi connectivity index (χ3n) is 4.13. The van der Waals surface area contributed by atoms with E-state index < -0.39 is 0 Å². The van der Waals surface area contributed by atoms with Crippen molar-refractivity contribution in [1.82, 2.24) is 29.8 Å². The molecule has 1 saturated heterocycles. The Bertz CT molecular complexity index is 561. The first kappa shape index (κ1) is 12.0. The van der Waals surface area contributed by atoms with Crippen molar-refractivity contribution in [2.45, 2.75) is 44.2 Å². The molecule has 2 aliphatic rings. The predicted octanol–water partition coefficient (Wildman–Crippen LogP) is 1.38. The maximum atomic E-state index is 5.38. The molecule has 0 N–H and O–H groups in total. The monoisotopic (exact) mass is 274 g/mol. The lowest BCUT2D eigenvalue weighted by Crippen LogP contribution is -2.28. The van der Waals surface area contributed by atoms with Gasteiger partial charge in [-0.1, -0.05) is 5.16 Å². The van der Waals surface area contributed by atoms with Gasteiger partial charge in [0.25, 0.3) is 0 Å². The summed E-state index contributed by atoms with van der Waals surface area (Å²) in [6.07, 6.45) is 8.02. The molecule has 106 valence electrons. The minimum atomic E-state index is 0.301. The lowest BCUT2D eigenvalue weighted by atomic mass is 10.2. The second kappa shape index (κ2) is 4.97. The van der Waals surface area contributed by atoms with Gasteiger partial charge < -0.3 is 4.52 Å². The molecule has 0 spiro atoms. The van der Waals surface area contributed by atoms with Crippen molar-refractivity contribution in [3.8, 4) is 0 Å². The van der Waals surface area contributed by atoms with E-state index in [1.54, 1.807) is 12.7 Å². The van der Waals surface area contributed by atoms with Crippen LogP contribution in [0.4, 0.5) is 0 Å². The first-order chi connectivity index (χ1) is 9.90. The van der Waals surface area contributed by atoms with Gasteiger partial charge in [0, 0.05) is 12.5 Å². The summed E-state index contributed by atoms with van der Waals surface area (Å²) in [5.74, 6) is 2.23. The van der Waals surface area contributed by atoms with Crippen LogP contribution < -0.4 is 0 Å². The second-order valence-corrected chi connectivity index (χ2v) is 5.62. The van der Waals surface area contributed by atoms with E-state index in [1.807, 2.05) is 4.68 Å². The van der Waals surface area contributed by atoms with Crippen LogP contribution in [0.1, 0.15) is 49.4 Å². The summed E-state index contributed by atoms with van der Waals surface area (Å²) in [6, 6.07) is 0.301. The number of rotatable bonds is 5. The molecule has 0 amide bonds. The maximum Gasteiger partial charge on any atom is 0.229 e. The number of likely N-dealkylation sites (tertiary alicyclic amines) is 1. The fourth-order valence-electron chi connectivity index (χ4n) is 2.84. The third-order valence-corrected chi connectivity index (χ3v) is 4.13. The van der Waals surface area contributed by atoms with Crippen LogP contribution >= 0.6 is 0 Å².